The Kier molecular flexibility index (Phi) is 6.37. The van der Waals surface area contributed by atoms with Crippen LogP contribution in [0, 0.1) is 12.8 Å². The maximum Gasteiger partial charge on any atom is 0.323 e. The largest absolute Gasteiger partial charge is 0.355 e. The predicted molar refractivity (Wildman–Crippen MR) is 127 cm³/mol. The van der Waals surface area contributed by atoms with Gasteiger partial charge < -0.3 is 15.5 Å². The number of hydrogen-bond acceptors (Lipinski definition) is 4. The molecule has 31 heavy (non-hydrogen) atoms. The summed E-state index contributed by atoms with van der Waals surface area (Å²) in [5.74, 6) is 1.72. The maximum absolute atomic E-state index is 12.3. The van der Waals surface area contributed by atoms with E-state index in [2.05, 4.69) is 32.7 Å². The van der Waals surface area contributed by atoms with Crippen molar-refractivity contribution in [3.05, 3.63) is 65.2 Å². The highest BCUT2D eigenvalue weighted by Gasteiger charge is 2.17. The van der Waals surface area contributed by atoms with Crippen molar-refractivity contribution in [2.75, 3.05) is 28.6 Å². The summed E-state index contributed by atoms with van der Waals surface area (Å²) in [5.41, 5.74) is 4.06. The quantitative estimate of drug-likeness (QED) is 0.528. The Morgan fingerprint density at radius 1 is 1.00 bits per heavy atom. The van der Waals surface area contributed by atoms with Crippen LogP contribution < -0.4 is 15.5 Å². The van der Waals surface area contributed by atoms with E-state index in [1.165, 1.54) is 12.8 Å². The molecule has 1 aliphatic heterocycles. The second-order valence-electron chi connectivity index (χ2n) is 8.06. The van der Waals surface area contributed by atoms with E-state index >= 15 is 0 Å². The number of carbonyl (C=O) groups is 1. The van der Waals surface area contributed by atoms with Crippen molar-refractivity contribution < 1.29 is 4.79 Å². The van der Waals surface area contributed by atoms with Crippen molar-refractivity contribution in [2.24, 2.45) is 5.92 Å². The van der Waals surface area contributed by atoms with Gasteiger partial charge in [-0.2, -0.15) is 0 Å². The van der Waals surface area contributed by atoms with E-state index in [0.717, 1.165) is 41.6 Å². The molecule has 6 nitrogen and oxygen atoms in total. The molecule has 0 bridgehead atoms. The van der Waals surface area contributed by atoms with E-state index in [0.29, 0.717) is 16.4 Å². The van der Waals surface area contributed by atoms with E-state index in [1.54, 1.807) is 12.1 Å². The summed E-state index contributed by atoms with van der Waals surface area (Å²) in [5, 5.41) is 15.1. The molecule has 1 fully saturated rings. The molecule has 2 N–H and O–H groups in total. The zero-order valence-electron chi connectivity index (χ0n) is 17.7. The van der Waals surface area contributed by atoms with Gasteiger partial charge >= 0.3 is 6.03 Å². The van der Waals surface area contributed by atoms with Crippen LogP contribution in [0.4, 0.5) is 22.0 Å². The fourth-order valence-corrected chi connectivity index (χ4v) is 3.80. The van der Waals surface area contributed by atoms with E-state index in [9.17, 15) is 4.79 Å². The molecule has 2 amide bonds. The van der Waals surface area contributed by atoms with E-state index < -0.39 is 0 Å². The molecule has 1 aliphatic rings. The average Bonchev–Trinajstić information content (AvgIpc) is 2.77. The van der Waals surface area contributed by atoms with Crippen LogP contribution >= 0.6 is 11.6 Å². The number of rotatable bonds is 4. The van der Waals surface area contributed by atoms with Crippen LogP contribution in [0.25, 0.3) is 11.3 Å². The molecule has 1 aromatic heterocycles. The smallest absolute Gasteiger partial charge is 0.323 e. The Hall–Kier alpha value is -3.12. The highest BCUT2D eigenvalue weighted by Crippen LogP contribution is 2.24. The van der Waals surface area contributed by atoms with Crippen LogP contribution in [0.2, 0.25) is 5.02 Å². The van der Waals surface area contributed by atoms with Crippen LogP contribution in [0.3, 0.4) is 0 Å². The number of halogens is 1. The molecular weight excluding hydrogens is 410 g/mol. The van der Waals surface area contributed by atoms with Crippen molar-refractivity contribution in [3.63, 3.8) is 0 Å². The number of piperidine rings is 1. The number of anilines is 3. The minimum atomic E-state index is -0.321. The van der Waals surface area contributed by atoms with Crippen molar-refractivity contribution >= 4 is 34.8 Å². The van der Waals surface area contributed by atoms with Gasteiger partial charge in [-0.3, -0.25) is 0 Å². The van der Waals surface area contributed by atoms with Gasteiger partial charge in [0.25, 0.3) is 0 Å². The molecule has 2 aromatic carbocycles. The Morgan fingerprint density at radius 3 is 2.42 bits per heavy atom. The van der Waals surface area contributed by atoms with E-state index in [1.807, 2.05) is 49.4 Å². The second kappa shape index (κ2) is 9.35. The van der Waals surface area contributed by atoms with Crippen molar-refractivity contribution in [3.8, 4) is 11.3 Å². The van der Waals surface area contributed by atoms with Gasteiger partial charge in [-0.25, -0.2) is 4.79 Å². The number of benzene rings is 2. The second-order valence-corrected chi connectivity index (χ2v) is 8.50. The summed E-state index contributed by atoms with van der Waals surface area (Å²) < 4.78 is 0. The van der Waals surface area contributed by atoms with Gasteiger partial charge in [0.15, 0.2) is 5.82 Å². The molecule has 160 valence electrons. The zero-order valence-corrected chi connectivity index (χ0v) is 18.5. The monoisotopic (exact) mass is 435 g/mol. The van der Waals surface area contributed by atoms with Gasteiger partial charge in [-0.05, 0) is 67.6 Å². The summed E-state index contributed by atoms with van der Waals surface area (Å²) in [6.07, 6.45) is 2.39. The predicted octanol–water partition coefficient (Wildman–Crippen LogP) is 5.99. The summed E-state index contributed by atoms with van der Waals surface area (Å²) in [6, 6.07) is 16.6. The molecule has 4 rings (SSSR count). The van der Waals surface area contributed by atoms with Gasteiger partial charge in [0.05, 0.1) is 5.69 Å². The third-order valence-electron chi connectivity index (χ3n) is 5.64. The third kappa shape index (κ3) is 5.33. The maximum atomic E-state index is 12.3. The third-order valence-corrected chi connectivity index (χ3v) is 5.88. The molecule has 1 saturated heterocycles. The summed E-state index contributed by atoms with van der Waals surface area (Å²) >= 11 is 6.01. The van der Waals surface area contributed by atoms with Gasteiger partial charge in [0.2, 0.25) is 0 Å². The first kappa shape index (κ1) is 21.1. The fourth-order valence-electron chi connectivity index (χ4n) is 3.62. The number of urea groups is 1. The number of nitrogens with zero attached hydrogens (tertiary/aromatic N) is 3. The molecule has 0 aliphatic carbocycles. The van der Waals surface area contributed by atoms with Gasteiger partial charge in [-0.1, -0.05) is 36.7 Å². The first-order valence-corrected chi connectivity index (χ1v) is 10.9. The number of carbonyl (C=O) groups excluding carboxylic acids is 1. The van der Waals surface area contributed by atoms with E-state index in [-0.39, 0.29) is 6.03 Å². The Morgan fingerprint density at radius 2 is 1.74 bits per heavy atom. The minimum Gasteiger partial charge on any atom is -0.355 e. The van der Waals surface area contributed by atoms with Crippen LogP contribution in [-0.2, 0) is 0 Å². The molecule has 0 saturated carbocycles. The van der Waals surface area contributed by atoms with Gasteiger partial charge in [0, 0.05) is 35.1 Å². The molecule has 2 heterocycles. The first-order valence-electron chi connectivity index (χ1n) is 10.5. The standard InChI is InChI=1S/C24H26ClN5O/c1-16-11-13-30(14-12-16)23-10-9-21(28-29-23)18-4-7-20(8-5-18)26-24(31)27-22-15-19(25)6-3-17(22)2/h3-10,15-16H,11-14H2,1-2H3,(H2,26,27,31). The summed E-state index contributed by atoms with van der Waals surface area (Å²) in [6.45, 7) is 6.28. The Bertz CT molecular complexity index is 1040. The van der Waals surface area contributed by atoms with Crippen LogP contribution in [-0.4, -0.2) is 29.3 Å². The first-order chi connectivity index (χ1) is 15.0. The van der Waals surface area contributed by atoms with Gasteiger partial charge in [0.1, 0.15) is 0 Å². The number of aryl methyl sites for hydroxylation is 1. The SMILES string of the molecule is Cc1ccc(Cl)cc1NC(=O)Nc1ccc(-c2ccc(N3CCC(C)CC3)nn2)cc1. The molecule has 7 heteroatoms. The number of aromatic nitrogens is 2. The van der Waals surface area contributed by atoms with Crippen LogP contribution in [0.5, 0.6) is 0 Å². The normalized spacial score (nSPS) is 14.4. The number of hydrogen-bond donors (Lipinski definition) is 2. The highest BCUT2D eigenvalue weighted by atomic mass is 35.5. The molecule has 3 aromatic rings. The van der Waals surface area contributed by atoms with E-state index in [4.69, 9.17) is 11.6 Å². The Labute approximate surface area is 187 Å². The van der Waals surface area contributed by atoms with Crippen LogP contribution in [0.15, 0.2) is 54.6 Å². The van der Waals surface area contributed by atoms with Crippen molar-refractivity contribution in [1.82, 2.24) is 10.2 Å². The molecule has 0 atom stereocenters. The molecule has 0 unspecified atom stereocenters. The van der Waals surface area contributed by atoms with Crippen molar-refractivity contribution in [1.29, 1.82) is 0 Å². The number of amides is 2. The fraction of sp³-hybridized carbons (Fsp3) is 0.292. The molecule has 0 spiro atoms. The van der Waals surface area contributed by atoms with Crippen molar-refractivity contribution in [2.45, 2.75) is 26.7 Å². The summed E-state index contributed by atoms with van der Waals surface area (Å²) in [4.78, 5) is 14.6. The zero-order chi connectivity index (χ0) is 21.8. The van der Waals surface area contributed by atoms with Crippen LogP contribution in [0.1, 0.15) is 25.3 Å². The lowest BCUT2D eigenvalue weighted by Gasteiger charge is -2.30. The highest BCUT2D eigenvalue weighted by molar-refractivity contribution is 6.31. The average molecular weight is 436 g/mol. The lowest BCUT2D eigenvalue weighted by Crippen LogP contribution is -2.33. The van der Waals surface area contributed by atoms with Gasteiger partial charge in [-0.15, -0.1) is 10.2 Å². The molecule has 0 radical (unpaired) electrons. The summed E-state index contributed by atoms with van der Waals surface area (Å²) in [7, 11) is 0. The lowest BCUT2D eigenvalue weighted by molar-refractivity contribution is 0.262. The number of nitrogens with one attached hydrogen (secondary N) is 2. The molecular formula is C24H26ClN5O. The Balaban J connectivity index is 1.37. The lowest BCUT2D eigenvalue weighted by atomic mass is 9.99. The minimum absolute atomic E-state index is 0.321. The topological polar surface area (TPSA) is 70.2 Å².